The highest BCUT2D eigenvalue weighted by Gasteiger charge is 2.33. The molecule has 0 aliphatic carbocycles. The minimum Gasteiger partial charge on any atom is -0.491 e. The number of para-hydroxylation sites is 1. The lowest BCUT2D eigenvalue weighted by Crippen LogP contribution is -2.21. The van der Waals surface area contributed by atoms with Crippen molar-refractivity contribution < 1.29 is 31.1 Å². The Kier molecular flexibility index (Phi) is 5.78. The minimum absolute atomic E-state index is 0.0400. The molecule has 0 radical (unpaired) electrons. The van der Waals surface area contributed by atoms with E-state index in [9.17, 15) is 21.6 Å². The van der Waals surface area contributed by atoms with Crippen molar-refractivity contribution in [3.63, 3.8) is 0 Å². The number of ether oxygens (including phenoxy) is 2. The molecule has 20 heavy (non-hydrogen) atoms. The average molecular weight is 313 g/mol. The molecule has 0 aliphatic heterocycles. The van der Waals surface area contributed by atoms with Crippen molar-refractivity contribution in [2.24, 2.45) is 5.14 Å². The number of sulfonamides is 1. The zero-order valence-electron chi connectivity index (χ0n) is 10.4. The van der Waals surface area contributed by atoms with Crippen LogP contribution in [0, 0.1) is 0 Å². The van der Waals surface area contributed by atoms with Gasteiger partial charge in [-0.05, 0) is 12.1 Å². The largest absolute Gasteiger partial charge is 0.491 e. The SMILES string of the molecule is NS(=O)(=O)CCOCCOc1ccccc1C(F)(F)F. The van der Waals surface area contributed by atoms with Crippen LogP contribution in [-0.2, 0) is 20.9 Å². The molecule has 1 aromatic carbocycles. The van der Waals surface area contributed by atoms with Gasteiger partial charge in [-0.15, -0.1) is 0 Å². The molecule has 0 aliphatic rings. The lowest BCUT2D eigenvalue weighted by Gasteiger charge is -2.13. The third-order valence-electron chi connectivity index (χ3n) is 2.19. The second-order valence-corrected chi connectivity index (χ2v) is 5.56. The molecule has 2 N–H and O–H groups in total. The second-order valence-electron chi connectivity index (χ2n) is 3.82. The summed E-state index contributed by atoms with van der Waals surface area (Å²) in [6.45, 7) is -0.303. The molecule has 0 aromatic heterocycles. The molecule has 0 amide bonds. The third-order valence-corrected chi connectivity index (χ3v) is 2.93. The van der Waals surface area contributed by atoms with Gasteiger partial charge in [-0.25, -0.2) is 13.6 Å². The summed E-state index contributed by atoms with van der Waals surface area (Å²) in [5, 5.41) is 4.74. The van der Waals surface area contributed by atoms with E-state index in [-0.39, 0.29) is 31.3 Å². The lowest BCUT2D eigenvalue weighted by molar-refractivity contribution is -0.139. The van der Waals surface area contributed by atoms with Gasteiger partial charge in [-0.3, -0.25) is 0 Å². The molecular formula is C11H14F3NO4S. The first-order chi connectivity index (χ1) is 9.20. The predicted molar refractivity (Wildman–Crippen MR) is 65.7 cm³/mol. The van der Waals surface area contributed by atoms with E-state index in [4.69, 9.17) is 14.6 Å². The van der Waals surface area contributed by atoms with Crippen LogP contribution in [0.5, 0.6) is 5.75 Å². The van der Waals surface area contributed by atoms with Crippen molar-refractivity contribution in [1.82, 2.24) is 0 Å². The number of nitrogens with two attached hydrogens (primary N) is 1. The first-order valence-electron chi connectivity index (χ1n) is 5.57. The quantitative estimate of drug-likeness (QED) is 0.772. The highest BCUT2D eigenvalue weighted by Crippen LogP contribution is 2.35. The molecule has 1 rings (SSSR count). The fraction of sp³-hybridized carbons (Fsp3) is 0.455. The zero-order valence-corrected chi connectivity index (χ0v) is 11.2. The summed E-state index contributed by atoms with van der Waals surface area (Å²) in [6, 6.07) is 4.80. The van der Waals surface area contributed by atoms with E-state index in [1.807, 2.05) is 0 Å². The van der Waals surface area contributed by atoms with Crippen molar-refractivity contribution in [1.29, 1.82) is 0 Å². The van der Waals surface area contributed by atoms with Crippen molar-refractivity contribution in [2.45, 2.75) is 6.18 Å². The lowest BCUT2D eigenvalue weighted by atomic mass is 10.2. The normalized spacial score (nSPS) is 12.4. The number of hydrogen-bond acceptors (Lipinski definition) is 4. The Balaban J connectivity index is 2.40. The Morgan fingerprint density at radius 1 is 1.10 bits per heavy atom. The minimum atomic E-state index is -4.49. The van der Waals surface area contributed by atoms with Gasteiger partial charge in [-0.2, -0.15) is 13.2 Å². The molecule has 0 atom stereocenters. The van der Waals surface area contributed by atoms with Gasteiger partial charge >= 0.3 is 6.18 Å². The van der Waals surface area contributed by atoms with Gasteiger partial charge in [0.25, 0.3) is 0 Å². The maximum Gasteiger partial charge on any atom is 0.419 e. The zero-order chi connectivity index (χ0) is 15.2. The summed E-state index contributed by atoms with van der Waals surface area (Å²) < 4.78 is 68.9. The Hall–Kier alpha value is -1.32. The van der Waals surface area contributed by atoms with Gasteiger partial charge < -0.3 is 9.47 Å². The van der Waals surface area contributed by atoms with E-state index in [2.05, 4.69) is 0 Å². The molecule has 5 nitrogen and oxygen atoms in total. The van der Waals surface area contributed by atoms with Gasteiger partial charge in [0, 0.05) is 0 Å². The number of hydrogen-bond donors (Lipinski definition) is 1. The molecule has 0 bridgehead atoms. The molecule has 0 unspecified atom stereocenters. The van der Waals surface area contributed by atoms with Crippen LogP contribution in [0.15, 0.2) is 24.3 Å². The van der Waals surface area contributed by atoms with Gasteiger partial charge in [-0.1, -0.05) is 12.1 Å². The van der Waals surface area contributed by atoms with Gasteiger partial charge in [0.2, 0.25) is 10.0 Å². The Morgan fingerprint density at radius 2 is 1.75 bits per heavy atom. The predicted octanol–water partition coefficient (Wildman–Crippen LogP) is 1.39. The smallest absolute Gasteiger partial charge is 0.419 e. The van der Waals surface area contributed by atoms with Crippen LogP contribution < -0.4 is 9.88 Å². The first kappa shape index (κ1) is 16.7. The van der Waals surface area contributed by atoms with E-state index in [0.717, 1.165) is 6.07 Å². The summed E-state index contributed by atoms with van der Waals surface area (Å²) >= 11 is 0. The van der Waals surface area contributed by atoms with Gasteiger partial charge in [0.1, 0.15) is 12.4 Å². The summed E-state index contributed by atoms with van der Waals surface area (Å²) in [6.07, 6.45) is -4.49. The first-order valence-corrected chi connectivity index (χ1v) is 7.29. The molecule has 0 saturated heterocycles. The summed E-state index contributed by atoms with van der Waals surface area (Å²) in [4.78, 5) is 0. The fourth-order valence-corrected chi connectivity index (χ4v) is 1.66. The van der Waals surface area contributed by atoms with Gasteiger partial charge in [0.15, 0.2) is 0 Å². The van der Waals surface area contributed by atoms with E-state index in [1.54, 1.807) is 0 Å². The third kappa shape index (κ3) is 6.22. The van der Waals surface area contributed by atoms with Crippen molar-refractivity contribution >= 4 is 10.0 Å². The number of alkyl halides is 3. The van der Waals surface area contributed by atoms with Gasteiger partial charge in [0.05, 0.1) is 24.5 Å². The van der Waals surface area contributed by atoms with Crippen molar-refractivity contribution in [2.75, 3.05) is 25.6 Å². The number of rotatable bonds is 7. The van der Waals surface area contributed by atoms with E-state index in [0.29, 0.717) is 0 Å². The average Bonchev–Trinajstić information content (AvgIpc) is 2.31. The Labute approximate surface area is 114 Å². The van der Waals surface area contributed by atoms with Crippen LogP contribution in [-0.4, -0.2) is 34.0 Å². The number of halogens is 3. The standard InChI is InChI=1S/C11H14F3NO4S/c12-11(13,14)9-3-1-2-4-10(9)19-6-5-18-7-8-20(15,16)17/h1-4H,5-8H2,(H2,15,16,17). The molecule has 0 spiro atoms. The summed E-state index contributed by atoms with van der Waals surface area (Å²) in [7, 11) is -3.60. The van der Waals surface area contributed by atoms with E-state index < -0.39 is 21.8 Å². The summed E-state index contributed by atoms with van der Waals surface area (Å²) in [5.74, 6) is -0.651. The maximum atomic E-state index is 12.6. The molecule has 114 valence electrons. The van der Waals surface area contributed by atoms with Crippen molar-refractivity contribution in [3.05, 3.63) is 29.8 Å². The van der Waals surface area contributed by atoms with E-state index >= 15 is 0 Å². The number of primary sulfonamides is 1. The topological polar surface area (TPSA) is 78.6 Å². The fourth-order valence-electron chi connectivity index (χ4n) is 1.31. The van der Waals surface area contributed by atoms with Crippen LogP contribution in [0.3, 0.4) is 0 Å². The van der Waals surface area contributed by atoms with E-state index in [1.165, 1.54) is 18.2 Å². The highest BCUT2D eigenvalue weighted by atomic mass is 32.2. The molecular weight excluding hydrogens is 299 g/mol. The monoisotopic (exact) mass is 313 g/mol. The van der Waals surface area contributed by atoms with Crippen LogP contribution in [0.25, 0.3) is 0 Å². The molecule has 0 fully saturated rings. The summed E-state index contributed by atoms with van der Waals surface area (Å²) in [5.41, 5.74) is -0.871. The Morgan fingerprint density at radius 3 is 2.35 bits per heavy atom. The molecule has 0 saturated carbocycles. The van der Waals surface area contributed by atoms with Crippen molar-refractivity contribution in [3.8, 4) is 5.75 Å². The molecule has 0 heterocycles. The second kappa shape index (κ2) is 6.91. The van der Waals surface area contributed by atoms with Crippen LogP contribution in [0.2, 0.25) is 0 Å². The molecule has 1 aromatic rings. The van der Waals surface area contributed by atoms with Crippen LogP contribution in [0.4, 0.5) is 13.2 Å². The molecule has 9 heteroatoms. The Bertz CT molecular complexity index is 531. The van der Waals surface area contributed by atoms with Crippen LogP contribution >= 0.6 is 0 Å². The maximum absolute atomic E-state index is 12.6. The van der Waals surface area contributed by atoms with Crippen LogP contribution in [0.1, 0.15) is 5.56 Å². The number of benzene rings is 1. The highest BCUT2D eigenvalue weighted by molar-refractivity contribution is 7.89.